The summed E-state index contributed by atoms with van der Waals surface area (Å²) < 4.78 is 0. The molecule has 0 unspecified atom stereocenters. The quantitative estimate of drug-likeness (QED) is 0.740. The molecule has 1 heterocycles. The smallest absolute Gasteiger partial charge is 0.0794 e. The van der Waals surface area contributed by atoms with Crippen LogP contribution in [0.15, 0.2) is 11.7 Å². The maximum absolute atomic E-state index is 5.86. The maximum Gasteiger partial charge on any atom is 0.0794 e. The Balaban J connectivity index is 1.93. The molecule has 1 aromatic heterocycles. The number of halogens is 1. The van der Waals surface area contributed by atoms with Crippen molar-refractivity contribution in [3.05, 3.63) is 16.6 Å². The second-order valence-corrected chi connectivity index (χ2v) is 5.41. The van der Waals surface area contributed by atoms with E-state index >= 15 is 0 Å². The minimum absolute atomic E-state index is 0.731. The minimum atomic E-state index is 0.731. The second kappa shape index (κ2) is 5.83. The van der Waals surface area contributed by atoms with Gasteiger partial charge in [0.2, 0.25) is 0 Å². The Labute approximate surface area is 100 Å². The van der Waals surface area contributed by atoms with Gasteiger partial charge in [0.25, 0.3) is 0 Å². The Hall–Kier alpha value is -0.120. The zero-order chi connectivity index (χ0) is 10.5. The molecule has 2 nitrogen and oxygen atoms in total. The molecule has 15 heavy (non-hydrogen) atoms. The van der Waals surface area contributed by atoms with Gasteiger partial charge in [-0.15, -0.1) is 22.9 Å². The highest BCUT2D eigenvalue weighted by molar-refractivity contribution is 7.09. The third kappa shape index (κ3) is 3.16. The summed E-state index contributed by atoms with van der Waals surface area (Å²) >= 11 is 7.60. The fourth-order valence-corrected chi connectivity index (χ4v) is 3.13. The number of thiazole rings is 1. The molecule has 0 spiro atoms. The first-order valence-electron chi connectivity index (χ1n) is 5.57. The second-order valence-electron chi connectivity index (χ2n) is 4.07. The fraction of sp³-hybridized carbons (Fsp3) is 0.727. The minimum Gasteiger partial charge on any atom is -0.294 e. The van der Waals surface area contributed by atoms with Crippen molar-refractivity contribution in [1.29, 1.82) is 0 Å². The SMILES string of the molecule is ClCCN(Cc1cncs1)C1CCCC1. The molecule has 84 valence electrons. The molecule has 1 aromatic rings. The summed E-state index contributed by atoms with van der Waals surface area (Å²) in [6.45, 7) is 2.03. The van der Waals surface area contributed by atoms with Gasteiger partial charge in [-0.2, -0.15) is 0 Å². The van der Waals surface area contributed by atoms with Gasteiger partial charge >= 0.3 is 0 Å². The summed E-state index contributed by atoms with van der Waals surface area (Å²) in [5, 5.41) is 0. The van der Waals surface area contributed by atoms with Crippen LogP contribution in [0.2, 0.25) is 0 Å². The van der Waals surface area contributed by atoms with Gasteiger partial charge in [0.1, 0.15) is 0 Å². The molecule has 4 heteroatoms. The monoisotopic (exact) mass is 244 g/mol. The fourth-order valence-electron chi connectivity index (χ4n) is 2.29. The lowest BCUT2D eigenvalue weighted by Gasteiger charge is -2.27. The van der Waals surface area contributed by atoms with Crippen molar-refractivity contribution < 1.29 is 0 Å². The number of hydrogen-bond donors (Lipinski definition) is 0. The van der Waals surface area contributed by atoms with Crippen molar-refractivity contribution in [1.82, 2.24) is 9.88 Å². The zero-order valence-electron chi connectivity index (χ0n) is 8.86. The molecule has 1 saturated carbocycles. The Morgan fingerprint density at radius 3 is 2.87 bits per heavy atom. The standard InChI is InChI=1S/C11H17ClN2S/c12-5-6-14(10-3-1-2-4-10)8-11-7-13-9-15-11/h7,9-10H,1-6,8H2. The van der Waals surface area contributed by atoms with Gasteiger partial charge in [0.15, 0.2) is 0 Å². The molecular formula is C11H17ClN2S. The van der Waals surface area contributed by atoms with Gasteiger partial charge in [-0.1, -0.05) is 12.8 Å². The van der Waals surface area contributed by atoms with E-state index in [1.54, 1.807) is 11.3 Å². The molecule has 1 fully saturated rings. The van der Waals surface area contributed by atoms with Crippen molar-refractivity contribution in [3.8, 4) is 0 Å². The van der Waals surface area contributed by atoms with Crippen LogP contribution in [-0.2, 0) is 6.54 Å². The average Bonchev–Trinajstić information content (AvgIpc) is 2.89. The summed E-state index contributed by atoms with van der Waals surface area (Å²) in [5.41, 5.74) is 1.91. The van der Waals surface area contributed by atoms with E-state index in [0.717, 1.165) is 25.0 Å². The van der Waals surface area contributed by atoms with Gasteiger partial charge in [0.05, 0.1) is 5.51 Å². The molecule has 0 aliphatic heterocycles. The molecule has 2 rings (SSSR count). The molecule has 0 radical (unpaired) electrons. The molecule has 1 aliphatic rings. The Bertz CT molecular complexity index is 270. The van der Waals surface area contributed by atoms with Crippen LogP contribution in [0.1, 0.15) is 30.6 Å². The first kappa shape index (κ1) is 11.4. The van der Waals surface area contributed by atoms with E-state index in [9.17, 15) is 0 Å². The molecule has 0 aromatic carbocycles. The van der Waals surface area contributed by atoms with Crippen LogP contribution >= 0.6 is 22.9 Å². The van der Waals surface area contributed by atoms with E-state index in [-0.39, 0.29) is 0 Å². The lowest BCUT2D eigenvalue weighted by Crippen LogP contribution is -2.34. The van der Waals surface area contributed by atoms with Crippen LogP contribution in [0.4, 0.5) is 0 Å². The lowest BCUT2D eigenvalue weighted by atomic mass is 10.2. The van der Waals surface area contributed by atoms with Crippen molar-refractivity contribution in [3.63, 3.8) is 0 Å². The molecule has 0 bridgehead atoms. The lowest BCUT2D eigenvalue weighted by molar-refractivity contribution is 0.203. The van der Waals surface area contributed by atoms with E-state index in [1.807, 2.05) is 11.7 Å². The number of aromatic nitrogens is 1. The largest absolute Gasteiger partial charge is 0.294 e. The van der Waals surface area contributed by atoms with E-state index in [2.05, 4.69) is 9.88 Å². The number of alkyl halides is 1. The van der Waals surface area contributed by atoms with Crippen LogP contribution in [0.5, 0.6) is 0 Å². The zero-order valence-corrected chi connectivity index (χ0v) is 10.4. The molecule has 0 atom stereocenters. The molecule has 0 amide bonds. The summed E-state index contributed by atoms with van der Waals surface area (Å²) in [5.74, 6) is 0.731. The van der Waals surface area contributed by atoms with Crippen molar-refractivity contribution in [2.45, 2.75) is 38.3 Å². The van der Waals surface area contributed by atoms with E-state index in [1.165, 1.54) is 30.6 Å². The van der Waals surface area contributed by atoms with Crippen LogP contribution in [-0.4, -0.2) is 28.4 Å². The summed E-state index contributed by atoms with van der Waals surface area (Å²) in [6.07, 6.45) is 7.42. The van der Waals surface area contributed by atoms with Gasteiger partial charge in [0, 0.05) is 36.1 Å². The summed E-state index contributed by atoms with van der Waals surface area (Å²) in [6, 6.07) is 0.755. The molecular weight excluding hydrogens is 228 g/mol. The highest BCUT2D eigenvalue weighted by atomic mass is 35.5. The Morgan fingerprint density at radius 1 is 1.47 bits per heavy atom. The van der Waals surface area contributed by atoms with Crippen LogP contribution in [0.3, 0.4) is 0 Å². The predicted molar refractivity (Wildman–Crippen MR) is 65.5 cm³/mol. The van der Waals surface area contributed by atoms with E-state index in [4.69, 9.17) is 11.6 Å². The van der Waals surface area contributed by atoms with Crippen LogP contribution in [0, 0.1) is 0 Å². The Morgan fingerprint density at radius 2 is 2.27 bits per heavy atom. The first-order valence-corrected chi connectivity index (χ1v) is 6.99. The topological polar surface area (TPSA) is 16.1 Å². The Kier molecular flexibility index (Phi) is 4.42. The number of hydrogen-bond acceptors (Lipinski definition) is 3. The van der Waals surface area contributed by atoms with E-state index in [0.29, 0.717) is 0 Å². The number of rotatable bonds is 5. The van der Waals surface area contributed by atoms with Crippen molar-refractivity contribution in [2.24, 2.45) is 0 Å². The van der Waals surface area contributed by atoms with Gasteiger partial charge < -0.3 is 0 Å². The first-order chi connectivity index (χ1) is 7.40. The third-order valence-electron chi connectivity index (χ3n) is 3.06. The van der Waals surface area contributed by atoms with Crippen LogP contribution in [0.25, 0.3) is 0 Å². The normalized spacial score (nSPS) is 17.7. The third-order valence-corrected chi connectivity index (χ3v) is 3.99. The van der Waals surface area contributed by atoms with Gasteiger partial charge in [-0.3, -0.25) is 9.88 Å². The van der Waals surface area contributed by atoms with Crippen molar-refractivity contribution in [2.75, 3.05) is 12.4 Å². The van der Waals surface area contributed by atoms with Crippen molar-refractivity contribution >= 4 is 22.9 Å². The summed E-state index contributed by atoms with van der Waals surface area (Å²) in [4.78, 5) is 8.00. The predicted octanol–water partition coefficient (Wildman–Crippen LogP) is 3.13. The average molecular weight is 245 g/mol. The summed E-state index contributed by atoms with van der Waals surface area (Å²) in [7, 11) is 0. The highest BCUT2D eigenvalue weighted by Gasteiger charge is 2.22. The molecule has 0 saturated heterocycles. The van der Waals surface area contributed by atoms with E-state index < -0.39 is 0 Å². The number of nitrogens with zero attached hydrogens (tertiary/aromatic N) is 2. The maximum atomic E-state index is 5.86. The molecule has 0 N–H and O–H groups in total. The van der Waals surface area contributed by atoms with Crippen LogP contribution < -0.4 is 0 Å². The molecule has 1 aliphatic carbocycles. The van der Waals surface area contributed by atoms with Gasteiger partial charge in [-0.25, -0.2) is 0 Å². The van der Waals surface area contributed by atoms with Gasteiger partial charge in [-0.05, 0) is 12.8 Å². The highest BCUT2D eigenvalue weighted by Crippen LogP contribution is 2.25.